The maximum atomic E-state index is 11.5. The van der Waals surface area contributed by atoms with E-state index < -0.39 is 21.8 Å². The van der Waals surface area contributed by atoms with Crippen molar-refractivity contribution in [3.05, 3.63) is 104 Å². The molecule has 0 aliphatic carbocycles. The van der Waals surface area contributed by atoms with Gasteiger partial charge in [0.15, 0.2) is 0 Å². The topological polar surface area (TPSA) is 229 Å². The summed E-state index contributed by atoms with van der Waals surface area (Å²) in [5.41, 5.74) is 0.698. The highest BCUT2D eigenvalue weighted by molar-refractivity contribution is 5.85. The summed E-state index contributed by atoms with van der Waals surface area (Å²) in [6.45, 7) is 2.21. The van der Waals surface area contributed by atoms with Crippen molar-refractivity contribution < 1.29 is 29.6 Å². The van der Waals surface area contributed by atoms with Crippen LogP contribution in [0.2, 0.25) is 0 Å². The Hall–Kier alpha value is -5.62. The van der Waals surface area contributed by atoms with Crippen LogP contribution in [0.5, 0.6) is 0 Å². The van der Waals surface area contributed by atoms with Gasteiger partial charge in [0.05, 0.1) is 24.5 Å². The van der Waals surface area contributed by atoms with Crippen LogP contribution in [-0.4, -0.2) is 97.0 Å². The van der Waals surface area contributed by atoms with Crippen LogP contribution >= 0.6 is 0 Å². The second-order valence-electron chi connectivity index (χ2n) is 9.55. The molecule has 44 heavy (non-hydrogen) atoms. The van der Waals surface area contributed by atoms with Gasteiger partial charge < -0.3 is 30.4 Å². The molecule has 0 aromatic carbocycles. The Balaban J connectivity index is 1.54. The van der Waals surface area contributed by atoms with Gasteiger partial charge in [-0.25, -0.2) is 28.7 Å². The first-order valence-corrected chi connectivity index (χ1v) is 13.2. The lowest BCUT2D eigenvalue weighted by molar-refractivity contribution is -0.396. The van der Waals surface area contributed by atoms with E-state index in [-0.39, 0.29) is 49.5 Å². The molecule has 4 aromatic heterocycles. The minimum Gasteiger partial charge on any atom is -0.477 e. The van der Waals surface area contributed by atoms with Crippen molar-refractivity contribution in [1.29, 1.82) is 0 Å². The largest absolute Gasteiger partial charge is 0.477 e. The number of aromatic nitrogens is 6. The predicted octanol–water partition coefficient (Wildman–Crippen LogP) is 1.79. The van der Waals surface area contributed by atoms with Crippen molar-refractivity contribution in [3.63, 3.8) is 0 Å². The summed E-state index contributed by atoms with van der Waals surface area (Å²) < 4.78 is 2.79. The molecule has 0 atom stereocenters. The summed E-state index contributed by atoms with van der Waals surface area (Å²) in [7, 11) is 0. The van der Waals surface area contributed by atoms with Crippen LogP contribution in [0.4, 0.5) is 11.9 Å². The number of hydrogen-bond acceptors (Lipinski definition) is 12. The summed E-state index contributed by atoms with van der Waals surface area (Å²) in [6.07, 6.45) is 5.64. The highest BCUT2D eigenvalue weighted by atomic mass is 16.6. The fraction of sp³-hybridized carbons (Fsp3) is 0.308. The lowest BCUT2D eigenvalue weighted by atomic mass is 10.2. The van der Waals surface area contributed by atoms with Crippen LogP contribution in [0.3, 0.4) is 0 Å². The molecule has 0 bridgehead atoms. The Morgan fingerprint density at radius 1 is 0.705 bits per heavy atom. The first-order valence-electron chi connectivity index (χ1n) is 13.2. The fourth-order valence-corrected chi connectivity index (χ4v) is 4.45. The molecule has 4 aromatic rings. The molecule has 0 spiro atoms. The molecule has 4 rings (SSSR count). The third-order valence-electron chi connectivity index (χ3n) is 6.58. The van der Waals surface area contributed by atoms with Gasteiger partial charge in [0.25, 0.3) is 0 Å². The first-order chi connectivity index (χ1) is 21.1. The molecule has 230 valence electrons. The van der Waals surface area contributed by atoms with E-state index in [0.717, 1.165) is 0 Å². The maximum Gasteiger partial charge on any atom is 0.434 e. The normalized spacial score (nSPS) is 11.2. The number of carboxylic acid groups (broad SMARTS) is 2. The number of imidazole rings is 2. The molecule has 2 N–H and O–H groups in total. The summed E-state index contributed by atoms with van der Waals surface area (Å²) >= 11 is 0. The summed E-state index contributed by atoms with van der Waals surface area (Å²) in [4.78, 5) is 64.3. The number of carbonyl (C=O) groups is 2. The van der Waals surface area contributed by atoms with E-state index in [4.69, 9.17) is 0 Å². The molecule has 0 radical (unpaired) electrons. The predicted molar refractivity (Wildman–Crippen MR) is 151 cm³/mol. The maximum absolute atomic E-state index is 11.5. The van der Waals surface area contributed by atoms with Crippen LogP contribution in [0.25, 0.3) is 0 Å². The second kappa shape index (κ2) is 14.5. The van der Waals surface area contributed by atoms with E-state index in [1.165, 1.54) is 46.1 Å². The molecule has 0 amide bonds. The zero-order chi connectivity index (χ0) is 31.6. The number of pyridine rings is 2. The Kier molecular flexibility index (Phi) is 10.3. The highest BCUT2D eigenvalue weighted by Crippen LogP contribution is 2.12. The number of rotatable bonds is 17. The SMILES string of the molecule is O=C(O)c1cccc(CN(CCN(CCn2ccnc2[N+](=O)[O-])Cc2cccc(C(=O)O)n2)CCn2ccnc2[N+](=O)[O-])n1. The molecular weight excluding hydrogens is 580 g/mol. The zero-order valence-electron chi connectivity index (χ0n) is 23.2. The first kappa shape index (κ1) is 31.3. The van der Waals surface area contributed by atoms with Crippen LogP contribution in [-0.2, 0) is 26.2 Å². The van der Waals surface area contributed by atoms with E-state index in [2.05, 4.69) is 19.9 Å². The van der Waals surface area contributed by atoms with Crippen LogP contribution in [0.1, 0.15) is 32.4 Å². The van der Waals surface area contributed by atoms with Crippen molar-refractivity contribution in [2.24, 2.45) is 0 Å². The monoisotopic (exact) mass is 608 g/mol. The van der Waals surface area contributed by atoms with E-state index in [9.17, 15) is 40.0 Å². The van der Waals surface area contributed by atoms with Gasteiger partial charge in [-0.05, 0) is 34.1 Å². The summed E-state index contributed by atoms with van der Waals surface area (Å²) in [5, 5.41) is 41.4. The van der Waals surface area contributed by atoms with Crippen LogP contribution < -0.4 is 0 Å². The molecule has 0 unspecified atom stereocenters. The molecule has 0 aliphatic rings. The lowest BCUT2D eigenvalue weighted by Crippen LogP contribution is -2.38. The van der Waals surface area contributed by atoms with Gasteiger partial charge in [-0.1, -0.05) is 22.1 Å². The van der Waals surface area contributed by atoms with Gasteiger partial charge in [0.1, 0.15) is 36.2 Å². The molecule has 0 fully saturated rings. The average Bonchev–Trinajstić information content (AvgIpc) is 3.67. The van der Waals surface area contributed by atoms with E-state index in [1.54, 1.807) is 24.3 Å². The minimum atomic E-state index is -1.18. The van der Waals surface area contributed by atoms with Crippen LogP contribution in [0, 0.1) is 20.2 Å². The van der Waals surface area contributed by atoms with E-state index >= 15 is 0 Å². The van der Waals surface area contributed by atoms with Crippen molar-refractivity contribution in [2.75, 3.05) is 26.2 Å². The number of nitro groups is 2. The van der Waals surface area contributed by atoms with Crippen molar-refractivity contribution in [2.45, 2.75) is 26.2 Å². The fourth-order valence-electron chi connectivity index (χ4n) is 4.45. The Morgan fingerprint density at radius 3 is 1.48 bits per heavy atom. The minimum absolute atomic E-state index is 0.124. The van der Waals surface area contributed by atoms with E-state index in [1.807, 2.05) is 9.80 Å². The molecular formula is C26H28N10O8. The van der Waals surface area contributed by atoms with Crippen molar-refractivity contribution in [3.8, 4) is 0 Å². The molecule has 0 saturated heterocycles. The summed E-state index contributed by atoms with van der Waals surface area (Å²) in [6, 6.07) is 9.26. The Labute approximate surface area is 249 Å². The quantitative estimate of drug-likeness (QED) is 0.129. The molecule has 18 nitrogen and oxygen atoms in total. The van der Waals surface area contributed by atoms with Crippen molar-refractivity contribution in [1.82, 2.24) is 38.9 Å². The second-order valence-corrected chi connectivity index (χ2v) is 9.55. The van der Waals surface area contributed by atoms with Crippen molar-refractivity contribution >= 4 is 23.8 Å². The van der Waals surface area contributed by atoms with Gasteiger partial charge >= 0.3 is 23.8 Å². The Morgan fingerprint density at radius 2 is 1.11 bits per heavy atom. The average molecular weight is 609 g/mol. The smallest absolute Gasteiger partial charge is 0.434 e. The summed E-state index contributed by atoms with van der Waals surface area (Å²) in [5.74, 6) is -2.99. The molecule has 0 saturated carbocycles. The van der Waals surface area contributed by atoms with Gasteiger partial charge in [0, 0.05) is 39.3 Å². The lowest BCUT2D eigenvalue weighted by Gasteiger charge is -2.27. The van der Waals surface area contributed by atoms with E-state index in [0.29, 0.717) is 37.6 Å². The molecule has 0 aliphatic heterocycles. The zero-order valence-corrected chi connectivity index (χ0v) is 23.2. The van der Waals surface area contributed by atoms with Gasteiger partial charge in [-0.2, -0.15) is 0 Å². The van der Waals surface area contributed by atoms with Gasteiger partial charge in [-0.3, -0.25) is 9.80 Å². The third kappa shape index (κ3) is 8.46. The number of carboxylic acids is 2. The standard InChI is InChI=1S/C26H28N10O8/c37-23(38)21-5-1-3-19(29-21)17-31(13-15-33-9-7-27-25(33)35(41)42)11-12-32(14-16-34-10-8-28-26(34)36(43)44)18-20-4-2-6-22(30-20)24(39)40/h1-10H,11-18H2,(H,37,38)(H,39,40). The van der Waals surface area contributed by atoms with Gasteiger partial charge in [-0.15, -0.1) is 0 Å². The van der Waals surface area contributed by atoms with Gasteiger partial charge in [0.2, 0.25) is 0 Å². The Bertz CT molecular complexity index is 1520. The molecule has 18 heteroatoms. The third-order valence-corrected chi connectivity index (χ3v) is 6.58. The number of hydrogen-bond donors (Lipinski definition) is 2. The van der Waals surface area contributed by atoms with Crippen LogP contribution in [0.15, 0.2) is 61.2 Å². The molecule has 4 heterocycles. The number of nitrogens with zero attached hydrogens (tertiary/aromatic N) is 10. The number of aromatic carboxylic acids is 2. The highest BCUT2D eigenvalue weighted by Gasteiger charge is 2.20.